The molecule has 0 heterocycles. The van der Waals surface area contributed by atoms with Crippen LogP contribution in [0.5, 0.6) is 0 Å². The maximum atomic E-state index is 11.9. The lowest BCUT2D eigenvalue weighted by Crippen LogP contribution is -2.41. The Kier molecular flexibility index (Phi) is 6.13. The molecule has 0 aromatic carbocycles. The molecule has 1 amide bonds. The van der Waals surface area contributed by atoms with E-state index in [9.17, 15) is 4.79 Å². The Balaban J connectivity index is 2.38. The van der Waals surface area contributed by atoms with Crippen LogP contribution >= 0.6 is 0 Å². The van der Waals surface area contributed by atoms with E-state index in [1.54, 1.807) is 0 Å². The number of carbonyl (C=O) groups is 1. The third-order valence-corrected chi connectivity index (χ3v) is 4.48. The smallest absolute Gasteiger partial charge is 0.222 e. The van der Waals surface area contributed by atoms with Gasteiger partial charge in [0.25, 0.3) is 0 Å². The van der Waals surface area contributed by atoms with Gasteiger partial charge in [-0.25, -0.2) is 0 Å². The van der Waals surface area contributed by atoms with Crippen molar-refractivity contribution >= 4 is 5.91 Å². The second kappa shape index (κ2) is 7.13. The van der Waals surface area contributed by atoms with Gasteiger partial charge in [-0.05, 0) is 37.1 Å². The van der Waals surface area contributed by atoms with Crippen molar-refractivity contribution in [2.45, 2.75) is 59.3 Å². The fourth-order valence-electron chi connectivity index (χ4n) is 2.90. The molecule has 0 saturated heterocycles. The topological polar surface area (TPSA) is 55.1 Å². The molecule has 3 nitrogen and oxygen atoms in total. The molecule has 0 bridgehead atoms. The SMILES string of the molecule is CC(CCN)C(=O)NCC(C)(C)C1CCCCC1. The normalized spacial score (nSPS) is 19.6. The first-order chi connectivity index (χ1) is 8.47. The van der Waals surface area contributed by atoms with Crippen molar-refractivity contribution in [2.24, 2.45) is 23.0 Å². The highest BCUT2D eigenvalue weighted by molar-refractivity contribution is 5.78. The molecule has 0 aromatic rings. The van der Waals surface area contributed by atoms with Crippen LogP contribution in [0, 0.1) is 17.3 Å². The highest BCUT2D eigenvalue weighted by Crippen LogP contribution is 2.37. The molecule has 1 atom stereocenters. The average Bonchev–Trinajstić information content (AvgIpc) is 2.37. The molecule has 1 saturated carbocycles. The standard InChI is InChI=1S/C15H30N2O/c1-12(9-10-16)14(18)17-11-15(2,3)13-7-5-4-6-8-13/h12-13H,4-11,16H2,1-3H3,(H,17,18). The lowest BCUT2D eigenvalue weighted by molar-refractivity contribution is -0.125. The molecular formula is C15H30N2O. The molecule has 1 aliphatic rings. The molecule has 106 valence electrons. The van der Waals surface area contributed by atoms with E-state index < -0.39 is 0 Å². The largest absolute Gasteiger partial charge is 0.355 e. The van der Waals surface area contributed by atoms with Gasteiger partial charge in [-0.3, -0.25) is 4.79 Å². The number of nitrogens with two attached hydrogens (primary N) is 1. The Morgan fingerprint density at radius 2 is 1.94 bits per heavy atom. The van der Waals surface area contributed by atoms with Crippen LogP contribution in [0.3, 0.4) is 0 Å². The van der Waals surface area contributed by atoms with E-state index in [1.165, 1.54) is 32.1 Å². The Morgan fingerprint density at radius 1 is 1.33 bits per heavy atom. The fourth-order valence-corrected chi connectivity index (χ4v) is 2.90. The van der Waals surface area contributed by atoms with Crippen LogP contribution in [0.4, 0.5) is 0 Å². The maximum Gasteiger partial charge on any atom is 0.222 e. The Hall–Kier alpha value is -0.570. The van der Waals surface area contributed by atoms with Crippen molar-refractivity contribution in [3.8, 4) is 0 Å². The van der Waals surface area contributed by atoms with Crippen molar-refractivity contribution in [2.75, 3.05) is 13.1 Å². The molecule has 1 aliphatic carbocycles. The fraction of sp³-hybridized carbons (Fsp3) is 0.933. The van der Waals surface area contributed by atoms with E-state index >= 15 is 0 Å². The summed E-state index contributed by atoms with van der Waals surface area (Å²) in [6.07, 6.45) is 7.50. The second-order valence-corrected chi connectivity index (χ2v) is 6.52. The summed E-state index contributed by atoms with van der Waals surface area (Å²) >= 11 is 0. The van der Waals surface area contributed by atoms with Gasteiger partial charge in [-0.15, -0.1) is 0 Å². The summed E-state index contributed by atoms with van der Waals surface area (Å²) in [7, 11) is 0. The van der Waals surface area contributed by atoms with Gasteiger partial charge in [0.2, 0.25) is 5.91 Å². The summed E-state index contributed by atoms with van der Waals surface area (Å²) < 4.78 is 0. The molecule has 0 spiro atoms. The summed E-state index contributed by atoms with van der Waals surface area (Å²) in [5.41, 5.74) is 5.71. The van der Waals surface area contributed by atoms with E-state index in [4.69, 9.17) is 5.73 Å². The van der Waals surface area contributed by atoms with Crippen molar-refractivity contribution in [3.63, 3.8) is 0 Å². The molecule has 18 heavy (non-hydrogen) atoms. The van der Waals surface area contributed by atoms with Gasteiger partial charge in [0.15, 0.2) is 0 Å². The van der Waals surface area contributed by atoms with Gasteiger partial charge in [0.1, 0.15) is 0 Å². The van der Waals surface area contributed by atoms with Gasteiger partial charge in [0.05, 0.1) is 0 Å². The van der Waals surface area contributed by atoms with Crippen LogP contribution in [-0.2, 0) is 4.79 Å². The van der Waals surface area contributed by atoms with Gasteiger partial charge >= 0.3 is 0 Å². The van der Waals surface area contributed by atoms with E-state index in [-0.39, 0.29) is 17.2 Å². The van der Waals surface area contributed by atoms with Gasteiger partial charge in [0, 0.05) is 12.5 Å². The third-order valence-electron chi connectivity index (χ3n) is 4.48. The first-order valence-corrected chi connectivity index (χ1v) is 7.45. The average molecular weight is 254 g/mol. The summed E-state index contributed by atoms with van der Waals surface area (Å²) in [5.74, 6) is 0.956. The predicted molar refractivity (Wildman–Crippen MR) is 76.2 cm³/mol. The summed E-state index contributed by atoms with van der Waals surface area (Å²) in [6, 6.07) is 0. The lowest BCUT2D eigenvalue weighted by Gasteiger charge is -2.37. The van der Waals surface area contributed by atoms with E-state index in [0.717, 1.165) is 18.9 Å². The summed E-state index contributed by atoms with van der Waals surface area (Å²) in [5, 5.41) is 3.11. The van der Waals surface area contributed by atoms with E-state index in [1.807, 2.05) is 6.92 Å². The minimum absolute atomic E-state index is 0.0390. The van der Waals surface area contributed by atoms with E-state index in [2.05, 4.69) is 19.2 Å². The number of hydrogen-bond acceptors (Lipinski definition) is 2. The van der Waals surface area contributed by atoms with Crippen molar-refractivity contribution < 1.29 is 4.79 Å². The van der Waals surface area contributed by atoms with Crippen LogP contribution in [0.2, 0.25) is 0 Å². The van der Waals surface area contributed by atoms with Crippen molar-refractivity contribution in [1.29, 1.82) is 0 Å². The summed E-state index contributed by atoms with van der Waals surface area (Å²) in [4.78, 5) is 11.9. The molecular weight excluding hydrogens is 224 g/mol. The van der Waals surface area contributed by atoms with E-state index in [0.29, 0.717) is 6.54 Å². The number of carbonyl (C=O) groups excluding carboxylic acids is 1. The number of rotatable bonds is 6. The molecule has 1 fully saturated rings. The minimum Gasteiger partial charge on any atom is -0.355 e. The summed E-state index contributed by atoms with van der Waals surface area (Å²) in [6.45, 7) is 7.91. The zero-order chi connectivity index (χ0) is 13.6. The zero-order valence-electron chi connectivity index (χ0n) is 12.3. The van der Waals surface area contributed by atoms with Gasteiger partial charge in [-0.1, -0.05) is 40.0 Å². The Bertz CT molecular complexity index is 257. The monoisotopic (exact) mass is 254 g/mol. The molecule has 3 N–H and O–H groups in total. The lowest BCUT2D eigenvalue weighted by atomic mass is 9.71. The van der Waals surface area contributed by atoms with Crippen molar-refractivity contribution in [1.82, 2.24) is 5.32 Å². The molecule has 0 radical (unpaired) electrons. The predicted octanol–water partition coefficient (Wildman–Crippen LogP) is 2.69. The number of amides is 1. The first-order valence-electron chi connectivity index (χ1n) is 7.45. The van der Waals surface area contributed by atoms with Crippen molar-refractivity contribution in [3.05, 3.63) is 0 Å². The molecule has 1 rings (SSSR count). The quantitative estimate of drug-likeness (QED) is 0.765. The number of hydrogen-bond donors (Lipinski definition) is 2. The van der Waals surface area contributed by atoms with Crippen LogP contribution in [0.1, 0.15) is 59.3 Å². The third kappa shape index (κ3) is 4.60. The maximum absolute atomic E-state index is 11.9. The highest BCUT2D eigenvalue weighted by atomic mass is 16.1. The second-order valence-electron chi connectivity index (χ2n) is 6.52. The van der Waals surface area contributed by atoms with Gasteiger partial charge in [-0.2, -0.15) is 0 Å². The molecule has 0 aromatic heterocycles. The first kappa shape index (κ1) is 15.5. The van der Waals surface area contributed by atoms with Crippen LogP contribution in [-0.4, -0.2) is 19.0 Å². The Morgan fingerprint density at radius 3 is 2.50 bits per heavy atom. The van der Waals surface area contributed by atoms with Crippen LogP contribution in [0.15, 0.2) is 0 Å². The molecule has 0 aliphatic heterocycles. The van der Waals surface area contributed by atoms with Gasteiger partial charge < -0.3 is 11.1 Å². The zero-order valence-corrected chi connectivity index (χ0v) is 12.3. The van der Waals surface area contributed by atoms with Crippen LogP contribution in [0.25, 0.3) is 0 Å². The van der Waals surface area contributed by atoms with Crippen LogP contribution < -0.4 is 11.1 Å². The molecule has 3 heteroatoms. The minimum atomic E-state index is 0.0390. The highest BCUT2D eigenvalue weighted by Gasteiger charge is 2.31. The number of nitrogens with one attached hydrogen (secondary N) is 1. The Labute approximate surface area is 112 Å². The molecule has 1 unspecified atom stereocenters.